The molecule has 0 saturated carbocycles. The Labute approximate surface area is 155 Å². The molecule has 6 nitrogen and oxygen atoms in total. The summed E-state index contributed by atoms with van der Waals surface area (Å²) in [4.78, 5) is 18.0. The molecule has 7 heteroatoms. The molecule has 1 heterocycles. The van der Waals surface area contributed by atoms with E-state index in [0.29, 0.717) is 12.2 Å². The highest BCUT2D eigenvalue weighted by atomic mass is 32.2. The van der Waals surface area contributed by atoms with E-state index in [1.807, 2.05) is 31.2 Å². The molecule has 1 aromatic carbocycles. The van der Waals surface area contributed by atoms with E-state index >= 15 is 0 Å². The number of anilines is 1. The van der Waals surface area contributed by atoms with E-state index in [-0.39, 0.29) is 18.9 Å². The average Bonchev–Trinajstić information content (AvgIpc) is 2.59. The third-order valence-electron chi connectivity index (χ3n) is 4.13. The van der Waals surface area contributed by atoms with Crippen molar-refractivity contribution in [2.24, 2.45) is 0 Å². The molecule has 0 aliphatic carbocycles. The van der Waals surface area contributed by atoms with Crippen molar-refractivity contribution < 1.29 is 13.2 Å². The van der Waals surface area contributed by atoms with Crippen LogP contribution >= 0.6 is 0 Å². The second kappa shape index (κ2) is 8.80. The maximum absolute atomic E-state index is 12.4. The van der Waals surface area contributed by atoms with Crippen LogP contribution in [0, 0.1) is 6.92 Å². The molecule has 0 aliphatic rings. The molecule has 0 radical (unpaired) electrons. The maximum atomic E-state index is 12.4. The minimum atomic E-state index is -3.46. The summed E-state index contributed by atoms with van der Waals surface area (Å²) in [7, 11) is -1.72. The van der Waals surface area contributed by atoms with Crippen LogP contribution in [0.15, 0.2) is 48.8 Å². The van der Waals surface area contributed by atoms with Crippen LogP contribution in [0.4, 0.5) is 5.69 Å². The summed E-state index contributed by atoms with van der Waals surface area (Å²) < 4.78 is 25.5. The van der Waals surface area contributed by atoms with Gasteiger partial charge in [-0.2, -0.15) is 0 Å². The van der Waals surface area contributed by atoms with E-state index in [1.165, 1.54) is 4.31 Å². The van der Waals surface area contributed by atoms with Gasteiger partial charge in [0, 0.05) is 39.0 Å². The molecule has 26 heavy (non-hydrogen) atoms. The lowest BCUT2D eigenvalue weighted by Crippen LogP contribution is -2.36. The number of carbonyl (C=O) groups excluding carboxylic acids is 1. The van der Waals surface area contributed by atoms with Gasteiger partial charge in [0.05, 0.1) is 11.9 Å². The summed E-state index contributed by atoms with van der Waals surface area (Å²) in [5, 5.41) is 0. The maximum Gasteiger partial charge on any atom is 0.232 e. The number of benzene rings is 1. The average molecular weight is 375 g/mol. The lowest BCUT2D eigenvalue weighted by atomic mass is 10.2. The van der Waals surface area contributed by atoms with Gasteiger partial charge < -0.3 is 4.90 Å². The number of hydrogen-bond acceptors (Lipinski definition) is 4. The number of carbonyl (C=O) groups is 1. The van der Waals surface area contributed by atoms with Crippen LogP contribution in [0.3, 0.4) is 0 Å². The van der Waals surface area contributed by atoms with E-state index in [9.17, 15) is 13.2 Å². The highest BCUT2D eigenvalue weighted by Gasteiger charge is 2.19. The molecular weight excluding hydrogens is 350 g/mol. The first kappa shape index (κ1) is 19.9. The number of amides is 1. The standard InChI is InChI=1S/C19H25N3O3S/c1-16-5-4-6-18(15-16)22(26(3,24)25)14-10-19(23)21(2)13-9-17-7-11-20-12-8-17/h4-8,11-12,15H,9-10,13-14H2,1-3H3. The molecule has 2 aromatic rings. The Hall–Kier alpha value is -2.41. The first-order valence-corrected chi connectivity index (χ1v) is 10.3. The van der Waals surface area contributed by atoms with Crippen molar-refractivity contribution >= 4 is 21.6 Å². The van der Waals surface area contributed by atoms with Gasteiger partial charge in [-0.15, -0.1) is 0 Å². The predicted molar refractivity (Wildman–Crippen MR) is 104 cm³/mol. The van der Waals surface area contributed by atoms with E-state index in [0.717, 1.165) is 23.8 Å². The van der Waals surface area contributed by atoms with E-state index in [1.54, 1.807) is 36.5 Å². The third-order valence-corrected chi connectivity index (χ3v) is 5.32. The number of nitrogens with zero attached hydrogens (tertiary/aromatic N) is 3. The Morgan fingerprint density at radius 2 is 1.81 bits per heavy atom. The number of aryl methyl sites for hydroxylation is 1. The fourth-order valence-electron chi connectivity index (χ4n) is 2.63. The Kier molecular flexibility index (Phi) is 6.74. The van der Waals surface area contributed by atoms with Crippen molar-refractivity contribution in [1.82, 2.24) is 9.88 Å². The van der Waals surface area contributed by atoms with Gasteiger partial charge in [-0.05, 0) is 48.7 Å². The first-order valence-electron chi connectivity index (χ1n) is 8.44. The molecule has 0 fully saturated rings. The molecule has 0 bridgehead atoms. The molecule has 1 amide bonds. The van der Waals surface area contributed by atoms with Gasteiger partial charge >= 0.3 is 0 Å². The first-order chi connectivity index (χ1) is 12.3. The summed E-state index contributed by atoms with van der Waals surface area (Å²) >= 11 is 0. The van der Waals surface area contributed by atoms with Crippen molar-refractivity contribution in [1.29, 1.82) is 0 Å². The number of likely N-dealkylation sites (N-methyl/N-ethyl adjacent to an activating group) is 1. The van der Waals surface area contributed by atoms with E-state index in [2.05, 4.69) is 4.98 Å². The van der Waals surface area contributed by atoms with E-state index < -0.39 is 10.0 Å². The molecule has 0 atom stereocenters. The zero-order valence-electron chi connectivity index (χ0n) is 15.4. The molecule has 1 aromatic heterocycles. The highest BCUT2D eigenvalue weighted by Crippen LogP contribution is 2.19. The summed E-state index contributed by atoms with van der Waals surface area (Å²) in [5.74, 6) is -0.0830. The zero-order chi connectivity index (χ0) is 19.2. The summed E-state index contributed by atoms with van der Waals surface area (Å²) in [6.45, 7) is 2.61. The summed E-state index contributed by atoms with van der Waals surface area (Å²) in [5.41, 5.74) is 2.66. The molecule has 0 N–H and O–H groups in total. The van der Waals surface area contributed by atoms with Crippen LogP contribution in [0.1, 0.15) is 17.5 Å². The van der Waals surface area contributed by atoms with E-state index in [4.69, 9.17) is 0 Å². The monoisotopic (exact) mass is 375 g/mol. The number of pyridine rings is 1. The Balaban J connectivity index is 1.96. The van der Waals surface area contributed by atoms with Crippen molar-refractivity contribution in [2.75, 3.05) is 30.7 Å². The normalized spacial score (nSPS) is 11.2. The molecule has 0 saturated heterocycles. The van der Waals surface area contributed by atoms with Gasteiger partial charge in [-0.25, -0.2) is 8.42 Å². The molecule has 0 unspecified atom stereocenters. The van der Waals surface area contributed by atoms with Gasteiger partial charge in [-0.1, -0.05) is 12.1 Å². The molecule has 0 spiro atoms. The lowest BCUT2D eigenvalue weighted by molar-refractivity contribution is -0.129. The van der Waals surface area contributed by atoms with Gasteiger partial charge in [0.2, 0.25) is 15.9 Å². The highest BCUT2D eigenvalue weighted by molar-refractivity contribution is 7.92. The van der Waals surface area contributed by atoms with Crippen LogP contribution in [0.5, 0.6) is 0 Å². The Morgan fingerprint density at radius 3 is 2.42 bits per heavy atom. The number of rotatable bonds is 8. The van der Waals surface area contributed by atoms with Gasteiger partial charge in [-0.3, -0.25) is 14.1 Å². The fourth-order valence-corrected chi connectivity index (χ4v) is 3.55. The van der Waals surface area contributed by atoms with Gasteiger partial charge in [0.25, 0.3) is 0 Å². The topological polar surface area (TPSA) is 70.6 Å². The Bertz CT molecular complexity index is 838. The molecule has 140 valence electrons. The number of sulfonamides is 1. The van der Waals surface area contributed by atoms with Gasteiger partial charge in [0.15, 0.2) is 0 Å². The van der Waals surface area contributed by atoms with Crippen LogP contribution in [0.25, 0.3) is 0 Å². The van der Waals surface area contributed by atoms with Gasteiger partial charge in [0.1, 0.15) is 0 Å². The predicted octanol–water partition coefficient (Wildman–Crippen LogP) is 2.25. The number of hydrogen-bond donors (Lipinski definition) is 0. The number of aromatic nitrogens is 1. The largest absolute Gasteiger partial charge is 0.345 e. The van der Waals surface area contributed by atoms with Crippen molar-refractivity contribution in [3.8, 4) is 0 Å². The molecule has 0 aliphatic heterocycles. The summed E-state index contributed by atoms with van der Waals surface area (Å²) in [6, 6.07) is 11.1. The SMILES string of the molecule is Cc1cccc(N(CCC(=O)N(C)CCc2ccncc2)S(C)(=O)=O)c1. The summed E-state index contributed by atoms with van der Waals surface area (Å²) in [6.07, 6.45) is 5.48. The second-order valence-electron chi connectivity index (χ2n) is 6.34. The van der Waals surface area contributed by atoms with Crippen molar-refractivity contribution in [2.45, 2.75) is 19.8 Å². The zero-order valence-corrected chi connectivity index (χ0v) is 16.2. The molecular formula is C19H25N3O3S. The van der Waals surface area contributed by atoms with Crippen LogP contribution in [-0.2, 0) is 21.2 Å². The minimum Gasteiger partial charge on any atom is -0.345 e. The van der Waals surface area contributed by atoms with Crippen molar-refractivity contribution in [3.63, 3.8) is 0 Å². The second-order valence-corrected chi connectivity index (χ2v) is 8.25. The van der Waals surface area contributed by atoms with Crippen LogP contribution in [-0.4, -0.2) is 50.6 Å². The fraction of sp³-hybridized carbons (Fsp3) is 0.368. The third kappa shape index (κ3) is 5.84. The minimum absolute atomic E-state index is 0.0830. The van der Waals surface area contributed by atoms with Crippen LogP contribution < -0.4 is 4.31 Å². The smallest absolute Gasteiger partial charge is 0.232 e. The lowest BCUT2D eigenvalue weighted by Gasteiger charge is -2.24. The van der Waals surface area contributed by atoms with Crippen LogP contribution in [0.2, 0.25) is 0 Å². The Morgan fingerprint density at radius 1 is 1.12 bits per heavy atom. The molecule has 2 rings (SSSR count). The van der Waals surface area contributed by atoms with Crippen molar-refractivity contribution in [3.05, 3.63) is 59.9 Å². The quantitative estimate of drug-likeness (QED) is 0.709.